The molecule has 0 bridgehead atoms. The predicted octanol–water partition coefficient (Wildman–Crippen LogP) is 2.36. The van der Waals surface area contributed by atoms with E-state index in [2.05, 4.69) is 38.3 Å². The molecule has 28 heavy (non-hydrogen) atoms. The van der Waals surface area contributed by atoms with Gasteiger partial charge in [-0.2, -0.15) is 0 Å². The molecule has 0 spiro atoms. The fourth-order valence-corrected chi connectivity index (χ4v) is 3.82. The van der Waals surface area contributed by atoms with Crippen LogP contribution in [0.1, 0.15) is 16.8 Å². The summed E-state index contributed by atoms with van der Waals surface area (Å²) in [6.45, 7) is 6.44. The zero-order valence-electron chi connectivity index (χ0n) is 16.3. The smallest absolute Gasteiger partial charge is 0.251 e. The van der Waals surface area contributed by atoms with Crippen LogP contribution in [0.5, 0.6) is 0 Å². The lowest BCUT2D eigenvalue weighted by molar-refractivity contribution is 0.0963. The van der Waals surface area contributed by atoms with Crippen LogP contribution < -0.4 is 10.6 Å². The Bertz CT molecular complexity index is 941. The Balaban J connectivity index is 1.58. The number of amides is 1. The zero-order chi connectivity index (χ0) is 19.3. The molecule has 1 fully saturated rings. The minimum absolute atomic E-state index is 0.0731. The van der Waals surface area contributed by atoms with Gasteiger partial charge in [0.2, 0.25) is 0 Å². The van der Waals surface area contributed by atoms with Gasteiger partial charge in [0.25, 0.3) is 5.91 Å². The van der Waals surface area contributed by atoms with Crippen LogP contribution in [0, 0.1) is 0 Å². The SMILES string of the molecule is CNC(=O)c1ccc(-c2nc3ccccc3n2CCCN2CCNCC2)cc1. The third-order valence-electron chi connectivity index (χ3n) is 5.35. The Kier molecular flexibility index (Phi) is 5.69. The summed E-state index contributed by atoms with van der Waals surface area (Å²) < 4.78 is 2.31. The van der Waals surface area contributed by atoms with Crippen molar-refractivity contribution in [2.24, 2.45) is 0 Å². The number of fused-ring (bicyclic) bond motifs is 1. The molecule has 1 saturated heterocycles. The third kappa shape index (κ3) is 3.93. The molecule has 2 heterocycles. The standard InChI is InChI=1S/C22H27N5O/c1-23-22(28)18-9-7-17(8-10-18)21-25-19-5-2-3-6-20(19)27(21)14-4-13-26-15-11-24-12-16-26/h2-3,5-10,24H,4,11-16H2,1H3,(H,23,28). The summed E-state index contributed by atoms with van der Waals surface area (Å²) in [7, 11) is 1.65. The monoisotopic (exact) mass is 377 g/mol. The van der Waals surface area contributed by atoms with Gasteiger partial charge in [0.05, 0.1) is 11.0 Å². The number of nitrogens with one attached hydrogen (secondary N) is 2. The van der Waals surface area contributed by atoms with Crippen LogP contribution in [0.4, 0.5) is 0 Å². The molecule has 0 atom stereocenters. The van der Waals surface area contributed by atoms with Crippen LogP contribution in [0.3, 0.4) is 0 Å². The molecule has 3 aromatic rings. The van der Waals surface area contributed by atoms with E-state index in [0.717, 1.165) is 68.1 Å². The topological polar surface area (TPSA) is 62.2 Å². The molecule has 0 saturated carbocycles. The van der Waals surface area contributed by atoms with E-state index < -0.39 is 0 Å². The van der Waals surface area contributed by atoms with E-state index in [9.17, 15) is 4.79 Å². The molecule has 2 aromatic carbocycles. The lowest BCUT2D eigenvalue weighted by Crippen LogP contribution is -2.43. The number of aryl methyl sites for hydroxylation is 1. The molecular weight excluding hydrogens is 350 g/mol. The molecule has 0 unspecified atom stereocenters. The van der Waals surface area contributed by atoms with Crippen molar-refractivity contribution >= 4 is 16.9 Å². The molecule has 1 aliphatic heterocycles. The van der Waals surface area contributed by atoms with Crippen LogP contribution in [-0.2, 0) is 6.54 Å². The number of para-hydroxylation sites is 2. The molecule has 6 nitrogen and oxygen atoms in total. The van der Waals surface area contributed by atoms with E-state index in [1.54, 1.807) is 7.05 Å². The highest BCUT2D eigenvalue weighted by Crippen LogP contribution is 2.25. The molecule has 146 valence electrons. The molecule has 0 radical (unpaired) electrons. The molecular formula is C22H27N5O. The number of carbonyl (C=O) groups excluding carboxylic acids is 1. The van der Waals surface area contributed by atoms with Crippen molar-refractivity contribution < 1.29 is 4.79 Å². The molecule has 0 aliphatic carbocycles. The number of hydrogen-bond donors (Lipinski definition) is 2. The Morgan fingerprint density at radius 3 is 2.57 bits per heavy atom. The van der Waals surface area contributed by atoms with Crippen LogP contribution in [-0.4, -0.2) is 60.1 Å². The van der Waals surface area contributed by atoms with Gasteiger partial charge < -0.3 is 20.1 Å². The first-order chi connectivity index (χ1) is 13.8. The van der Waals surface area contributed by atoms with Gasteiger partial charge in [-0.15, -0.1) is 0 Å². The Morgan fingerprint density at radius 2 is 1.82 bits per heavy atom. The summed E-state index contributed by atoms with van der Waals surface area (Å²) in [5, 5.41) is 6.07. The van der Waals surface area contributed by atoms with Gasteiger partial charge in [-0.05, 0) is 37.2 Å². The molecule has 1 aliphatic rings. The fourth-order valence-electron chi connectivity index (χ4n) is 3.82. The summed E-state index contributed by atoms with van der Waals surface area (Å²) in [5.41, 5.74) is 3.86. The van der Waals surface area contributed by atoms with Gasteiger partial charge in [-0.3, -0.25) is 4.79 Å². The van der Waals surface area contributed by atoms with Crippen LogP contribution >= 0.6 is 0 Å². The first-order valence-electron chi connectivity index (χ1n) is 9.97. The maximum Gasteiger partial charge on any atom is 0.251 e. The summed E-state index contributed by atoms with van der Waals surface area (Å²) in [6, 6.07) is 16.0. The Hall–Kier alpha value is -2.70. The molecule has 1 aromatic heterocycles. The van der Waals surface area contributed by atoms with Gasteiger partial charge in [0.1, 0.15) is 5.82 Å². The average molecular weight is 377 g/mol. The quantitative estimate of drug-likeness (QED) is 0.692. The predicted molar refractivity (Wildman–Crippen MR) is 112 cm³/mol. The van der Waals surface area contributed by atoms with Gasteiger partial charge in [-0.1, -0.05) is 24.3 Å². The zero-order valence-corrected chi connectivity index (χ0v) is 16.3. The number of piperazine rings is 1. The fraction of sp³-hybridized carbons (Fsp3) is 0.364. The van der Waals surface area contributed by atoms with Crippen molar-refractivity contribution in [1.29, 1.82) is 0 Å². The second kappa shape index (κ2) is 8.54. The first kappa shape index (κ1) is 18.7. The van der Waals surface area contributed by atoms with Gasteiger partial charge in [-0.25, -0.2) is 4.98 Å². The maximum absolute atomic E-state index is 11.8. The second-order valence-corrected chi connectivity index (χ2v) is 7.18. The van der Waals surface area contributed by atoms with Gasteiger partial charge in [0.15, 0.2) is 0 Å². The van der Waals surface area contributed by atoms with E-state index in [0.29, 0.717) is 5.56 Å². The van der Waals surface area contributed by atoms with E-state index in [-0.39, 0.29) is 5.91 Å². The summed E-state index contributed by atoms with van der Waals surface area (Å²) in [4.78, 5) is 19.2. The second-order valence-electron chi connectivity index (χ2n) is 7.18. The summed E-state index contributed by atoms with van der Waals surface area (Å²) >= 11 is 0. The number of benzene rings is 2. The van der Waals surface area contributed by atoms with Crippen molar-refractivity contribution in [3.05, 3.63) is 54.1 Å². The normalized spacial score (nSPS) is 15.0. The highest BCUT2D eigenvalue weighted by Gasteiger charge is 2.14. The third-order valence-corrected chi connectivity index (χ3v) is 5.35. The van der Waals surface area contributed by atoms with E-state index in [4.69, 9.17) is 4.98 Å². The summed E-state index contributed by atoms with van der Waals surface area (Å²) in [6.07, 6.45) is 1.09. The summed E-state index contributed by atoms with van der Waals surface area (Å²) in [5.74, 6) is 0.890. The molecule has 2 N–H and O–H groups in total. The minimum atomic E-state index is -0.0731. The van der Waals surface area contributed by atoms with E-state index in [1.165, 1.54) is 0 Å². The first-order valence-corrected chi connectivity index (χ1v) is 9.97. The van der Waals surface area contributed by atoms with E-state index in [1.807, 2.05) is 30.3 Å². The van der Waals surface area contributed by atoms with Gasteiger partial charge >= 0.3 is 0 Å². The van der Waals surface area contributed by atoms with Crippen molar-refractivity contribution in [2.45, 2.75) is 13.0 Å². The number of aromatic nitrogens is 2. The van der Waals surface area contributed by atoms with Crippen LogP contribution in [0.25, 0.3) is 22.4 Å². The Labute approximate surface area is 165 Å². The highest BCUT2D eigenvalue weighted by atomic mass is 16.1. The maximum atomic E-state index is 11.8. The Morgan fingerprint density at radius 1 is 1.07 bits per heavy atom. The molecule has 6 heteroatoms. The lowest BCUT2D eigenvalue weighted by Gasteiger charge is -2.27. The number of nitrogens with zero attached hydrogens (tertiary/aromatic N) is 3. The molecule has 1 amide bonds. The number of carbonyl (C=O) groups is 1. The number of imidazole rings is 1. The molecule has 4 rings (SSSR count). The van der Waals surface area contributed by atoms with Crippen LogP contribution in [0.2, 0.25) is 0 Å². The largest absolute Gasteiger partial charge is 0.355 e. The van der Waals surface area contributed by atoms with Crippen LogP contribution in [0.15, 0.2) is 48.5 Å². The number of rotatable bonds is 6. The van der Waals surface area contributed by atoms with Crippen molar-refractivity contribution in [3.63, 3.8) is 0 Å². The average Bonchev–Trinajstić information content (AvgIpc) is 3.13. The number of hydrogen-bond acceptors (Lipinski definition) is 4. The minimum Gasteiger partial charge on any atom is -0.355 e. The van der Waals surface area contributed by atoms with Crippen molar-refractivity contribution in [1.82, 2.24) is 25.1 Å². The van der Waals surface area contributed by atoms with Crippen molar-refractivity contribution in [3.8, 4) is 11.4 Å². The highest BCUT2D eigenvalue weighted by molar-refractivity contribution is 5.94. The lowest BCUT2D eigenvalue weighted by atomic mass is 10.1. The van der Waals surface area contributed by atoms with Crippen molar-refractivity contribution in [2.75, 3.05) is 39.8 Å². The van der Waals surface area contributed by atoms with Gasteiger partial charge in [0, 0.05) is 50.9 Å². The van der Waals surface area contributed by atoms with E-state index >= 15 is 0 Å².